The van der Waals surface area contributed by atoms with Crippen LogP contribution in [0.2, 0.25) is 0 Å². The molecule has 0 spiro atoms. The van der Waals surface area contributed by atoms with Crippen LogP contribution in [-0.2, 0) is 9.53 Å². The van der Waals surface area contributed by atoms with Crippen LogP contribution in [0.25, 0.3) is 0 Å². The molecule has 0 aromatic carbocycles. The Hall–Kier alpha value is -1.34. The van der Waals surface area contributed by atoms with Crippen molar-refractivity contribution >= 4 is 12.0 Å². The summed E-state index contributed by atoms with van der Waals surface area (Å²) in [6.07, 6.45) is 1.83. The molecule has 0 aromatic rings. The second kappa shape index (κ2) is 7.61. The molecule has 2 aliphatic rings. The largest absolute Gasteiger partial charge is 0.480 e. The second-order valence-electron chi connectivity index (χ2n) is 5.85. The lowest BCUT2D eigenvalue weighted by Gasteiger charge is -2.27. The first-order chi connectivity index (χ1) is 10.1. The number of hydrogen-bond donors (Lipinski definition) is 1. The minimum absolute atomic E-state index is 0.0572. The Morgan fingerprint density at radius 2 is 1.95 bits per heavy atom. The standard InChI is InChI=1S/C14H25N3O4/c1-21-11-12-3-6-17(9-12)14(20)16-5-2-4-15(7-8-16)10-13(18)19/h12H,2-11H2,1H3,(H,18,19). The van der Waals surface area contributed by atoms with Crippen molar-refractivity contribution in [3.05, 3.63) is 0 Å². The summed E-state index contributed by atoms with van der Waals surface area (Å²) in [5, 5.41) is 8.84. The number of carboxylic acids is 1. The van der Waals surface area contributed by atoms with Gasteiger partial charge in [-0.25, -0.2) is 4.79 Å². The molecule has 0 aliphatic carbocycles. The molecule has 120 valence electrons. The molecule has 1 unspecified atom stereocenters. The van der Waals surface area contributed by atoms with E-state index in [0.29, 0.717) is 32.2 Å². The zero-order chi connectivity index (χ0) is 15.2. The zero-order valence-corrected chi connectivity index (χ0v) is 12.7. The summed E-state index contributed by atoms with van der Waals surface area (Å²) in [7, 11) is 1.69. The van der Waals surface area contributed by atoms with Gasteiger partial charge < -0.3 is 19.6 Å². The minimum Gasteiger partial charge on any atom is -0.480 e. The van der Waals surface area contributed by atoms with E-state index in [1.54, 1.807) is 7.11 Å². The van der Waals surface area contributed by atoms with Gasteiger partial charge in [0.1, 0.15) is 0 Å². The van der Waals surface area contributed by atoms with E-state index < -0.39 is 5.97 Å². The number of carbonyl (C=O) groups excluding carboxylic acids is 1. The normalized spacial score (nSPS) is 24.1. The Morgan fingerprint density at radius 3 is 2.67 bits per heavy atom. The van der Waals surface area contributed by atoms with Crippen molar-refractivity contribution in [3.63, 3.8) is 0 Å². The molecule has 0 radical (unpaired) electrons. The Balaban J connectivity index is 1.82. The Labute approximate surface area is 125 Å². The van der Waals surface area contributed by atoms with Crippen molar-refractivity contribution in [2.24, 2.45) is 5.92 Å². The maximum absolute atomic E-state index is 12.5. The van der Waals surface area contributed by atoms with Crippen LogP contribution >= 0.6 is 0 Å². The minimum atomic E-state index is -0.809. The third-order valence-electron chi connectivity index (χ3n) is 4.18. The van der Waals surface area contributed by atoms with E-state index in [2.05, 4.69) is 0 Å². The van der Waals surface area contributed by atoms with Crippen molar-refractivity contribution in [2.45, 2.75) is 12.8 Å². The molecule has 2 amide bonds. The average molecular weight is 299 g/mol. The van der Waals surface area contributed by atoms with Crippen molar-refractivity contribution in [1.29, 1.82) is 0 Å². The van der Waals surface area contributed by atoms with Gasteiger partial charge in [-0.15, -0.1) is 0 Å². The van der Waals surface area contributed by atoms with Crippen molar-refractivity contribution < 1.29 is 19.4 Å². The molecule has 2 saturated heterocycles. The number of ether oxygens (including phenoxy) is 1. The summed E-state index contributed by atoms with van der Waals surface area (Å²) in [5.41, 5.74) is 0. The second-order valence-corrected chi connectivity index (χ2v) is 5.85. The fourth-order valence-corrected chi connectivity index (χ4v) is 3.09. The summed E-state index contributed by atoms with van der Waals surface area (Å²) < 4.78 is 5.16. The van der Waals surface area contributed by atoms with Gasteiger partial charge >= 0.3 is 12.0 Å². The number of carbonyl (C=O) groups is 2. The zero-order valence-electron chi connectivity index (χ0n) is 12.7. The molecule has 2 aliphatic heterocycles. The molecule has 2 rings (SSSR count). The number of likely N-dealkylation sites (tertiary alicyclic amines) is 1. The highest BCUT2D eigenvalue weighted by atomic mass is 16.5. The number of amides is 2. The van der Waals surface area contributed by atoms with Crippen LogP contribution in [0.15, 0.2) is 0 Å². The van der Waals surface area contributed by atoms with Gasteiger partial charge in [0.2, 0.25) is 0 Å². The number of methoxy groups -OCH3 is 1. The van der Waals surface area contributed by atoms with Gasteiger partial charge in [-0.2, -0.15) is 0 Å². The van der Waals surface area contributed by atoms with E-state index >= 15 is 0 Å². The van der Waals surface area contributed by atoms with E-state index in [1.165, 1.54) is 0 Å². The summed E-state index contributed by atoms with van der Waals surface area (Å²) in [6, 6.07) is 0.0887. The predicted molar refractivity (Wildman–Crippen MR) is 77.2 cm³/mol. The van der Waals surface area contributed by atoms with Gasteiger partial charge in [0.05, 0.1) is 13.2 Å². The molecule has 1 atom stereocenters. The number of carboxylic acid groups (broad SMARTS) is 1. The maximum atomic E-state index is 12.5. The highest BCUT2D eigenvalue weighted by molar-refractivity contribution is 5.75. The molecular formula is C14H25N3O4. The van der Waals surface area contributed by atoms with Crippen LogP contribution in [-0.4, -0.2) is 91.3 Å². The van der Waals surface area contributed by atoms with Crippen LogP contribution < -0.4 is 0 Å². The van der Waals surface area contributed by atoms with Crippen LogP contribution in [0, 0.1) is 5.92 Å². The quantitative estimate of drug-likeness (QED) is 0.801. The Bertz CT molecular complexity index is 377. The third-order valence-corrected chi connectivity index (χ3v) is 4.18. The van der Waals surface area contributed by atoms with Crippen LogP contribution in [0.4, 0.5) is 4.79 Å². The van der Waals surface area contributed by atoms with E-state index in [0.717, 1.165) is 32.5 Å². The first-order valence-corrected chi connectivity index (χ1v) is 7.57. The molecule has 2 fully saturated rings. The summed E-state index contributed by atoms with van der Waals surface area (Å²) in [4.78, 5) is 28.9. The van der Waals surface area contributed by atoms with E-state index in [9.17, 15) is 9.59 Å². The lowest BCUT2D eigenvalue weighted by Crippen LogP contribution is -2.44. The first-order valence-electron chi connectivity index (χ1n) is 7.57. The van der Waals surface area contributed by atoms with Crippen LogP contribution in [0.3, 0.4) is 0 Å². The maximum Gasteiger partial charge on any atom is 0.320 e. The van der Waals surface area contributed by atoms with Crippen molar-refractivity contribution in [3.8, 4) is 0 Å². The van der Waals surface area contributed by atoms with Crippen LogP contribution in [0.5, 0.6) is 0 Å². The van der Waals surface area contributed by atoms with Crippen molar-refractivity contribution in [2.75, 3.05) is 59.5 Å². The number of rotatable bonds is 4. The van der Waals surface area contributed by atoms with Gasteiger partial charge in [-0.1, -0.05) is 0 Å². The van der Waals surface area contributed by atoms with Crippen LogP contribution in [0.1, 0.15) is 12.8 Å². The highest BCUT2D eigenvalue weighted by Gasteiger charge is 2.30. The Morgan fingerprint density at radius 1 is 1.14 bits per heavy atom. The summed E-state index contributed by atoms with van der Waals surface area (Å²) >= 11 is 0. The van der Waals surface area contributed by atoms with Gasteiger partial charge in [0.15, 0.2) is 0 Å². The highest BCUT2D eigenvalue weighted by Crippen LogP contribution is 2.18. The smallest absolute Gasteiger partial charge is 0.320 e. The van der Waals surface area contributed by atoms with Crippen molar-refractivity contribution in [1.82, 2.24) is 14.7 Å². The molecule has 0 bridgehead atoms. The van der Waals surface area contributed by atoms with E-state index in [4.69, 9.17) is 9.84 Å². The monoisotopic (exact) mass is 299 g/mol. The molecular weight excluding hydrogens is 274 g/mol. The third kappa shape index (κ3) is 4.57. The van der Waals surface area contributed by atoms with Gasteiger partial charge in [-0.3, -0.25) is 9.69 Å². The SMILES string of the molecule is COCC1CCN(C(=O)N2CCCN(CC(=O)O)CC2)C1. The lowest BCUT2D eigenvalue weighted by molar-refractivity contribution is -0.138. The molecule has 0 saturated carbocycles. The number of hydrogen-bond acceptors (Lipinski definition) is 4. The van der Waals surface area contributed by atoms with Gasteiger partial charge in [0.25, 0.3) is 0 Å². The molecule has 7 nitrogen and oxygen atoms in total. The molecule has 0 aromatic heterocycles. The topological polar surface area (TPSA) is 73.3 Å². The summed E-state index contributed by atoms with van der Waals surface area (Å²) in [6.45, 7) is 5.01. The van der Waals surface area contributed by atoms with Gasteiger partial charge in [-0.05, 0) is 12.8 Å². The van der Waals surface area contributed by atoms with E-state index in [-0.39, 0.29) is 12.6 Å². The van der Waals surface area contributed by atoms with Gasteiger partial charge in [0, 0.05) is 52.3 Å². The lowest BCUT2D eigenvalue weighted by atomic mass is 10.1. The number of nitrogens with zero attached hydrogens (tertiary/aromatic N) is 3. The fraction of sp³-hybridized carbons (Fsp3) is 0.857. The number of urea groups is 1. The number of aliphatic carboxylic acids is 1. The molecule has 21 heavy (non-hydrogen) atoms. The summed E-state index contributed by atoms with van der Waals surface area (Å²) in [5.74, 6) is -0.369. The Kier molecular flexibility index (Phi) is 5.81. The van der Waals surface area contributed by atoms with E-state index in [1.807, 2.05) is 14.7 Å². The average Bonchev–Trinajstić information content (AvgIpc) is 2.78. The first kappa shape index (κ1) is 16.0. The molecule has 2 heterocycles. The molecule has 1 N–H and O–H groups in total. The predicted octanol–water partition coefficient (Wildman–Crippen LogP) is 0.167. The molecule has 7 heteroatoms. The fourth-order valence-electron chi connectivity index (χ4n) is 3.09.